The van der Waals surface area contributed by atoms with Crippen LogP contribution in [0, 0.1) is 6.92 Å². The number of anilines is 1. The molecule has 1 aromatic carbocycles. The van der Waals surface area contributed by atoms with Gasteiger partial charge in [-0.15, -0.1) is 0 Å². The first kappa shape index (κ1) is 18.6. The third kappa shape index (κ3) is 3.31. The molecule has 2 aliphatic heterocycles. The van der Waals surface area contributed by atoms with Crippen LogP contribution >= 0.6 is 0 Å². The van der Waals surface area contributed by atoms with Gasteiger partial charge >= 0.3 is 5.63 Å². The van der Waals surface area contributed by atoms with Crippen LogP contribution in [0.3, 0.4) is 0 Å². The van der Waals surface area contributed by atoms with Gasteiger partial charge in [0.2, 0.25) is 0 Å². The molecule has 2 saturated heterocycles. The Morgan fingerprint density at radius 3 is 2.94 bits per heavy atom. The SMILES string of the molecule is Cc1cn2cc(-c3cc4ccc(N5CCN6CCCCC6C5)cc4oc3=O)cc2cn1. The molecule has 0 N–H and O–H groups in total. The molecule has 0 aliphatic carbocycles. The van der Waals surface area contributed by atoms with Crippen molar-refractivity contribution in [2.75, 3.05) is 31.1 Å². The van der Waals surface area contributed by atoms with E-state index in [2.05, 4.69) is 26.9 Å². The molecule has 5 heterocycles. The van der Waals surface area contributed by atoms with Crippen LogP contribution in [-0.2, 0) is 0 Å². The van der Waals surface area contributed by atoms with E-state index in [0.29, 0.717) is 17.2 Å². The Labute approximate surface area is 180 Å². The van der Waals surface area contributed by atoms with Crippen molar-refractivity contribution in [3.8, 4) is 11.1 Å². The summed E-state index contributed by atoms with van der Waals surface area (Å²) in [7, 11) is 0. The summed E-state index contributed by atoms with van der Waals surface area (Å²) in [5, 5.41) is 0.944. The van der Waals surface area contributed by atoms with E-state index in [1.165, 1.54) is 25.8 Å². The first-order chi connectivity index (χ1) is 15.1. The highest BCUT2D eigenvalue weighted by molar-refractivity contribution is 5.85. The maximum absolute atomic E-state index is 12.8. The standard InChI is InChI=1S/C25H26N4O2/c1-17-14-29-15-19(10-22(29)13-26-17)23-11-18-5-6-20(12-24(18)31-25(23)30)28-9-8-27-7-3-2-4-21(27)16-28/h5-6,10-15,21H,2-4,7-9,16H2,1H3. The Kier molecular flexibility index (Phi) is 4.35. The lowest BCUT2D eigenvalue weighted by Gasteiger charge is -2.44. The number of piperazine rings is 1. The monoisotopic (exact) mass is 414 g/mol. The second kappa shape index (κ2) is 7.24. The van der Waals surface area contributed by atoms with Gasteiger partial charge < -0.3 is 13.7 Å². The maximum Gasteiger partial charge on any atom is 0.344 e. The minimum absolute atomic E-state index is 0.303. The average Bonchev–Trinajstić information content (AvgIpc) is 3.20. The topological polar surface area (TPSA) is 54.0 Å². The molecule has 0 radical (unpaired) electrons. The Balaban J connectivity index is 1.34. The van der Waals surface area contributed by atoms with Gasteiger partial charge in [-0.2, -0.15) is 0 Å². The number of aryl methyl sites for hydroxylation is 1. The van der Waals surface area contributed by atoms with Crippen LogP contribution in [0.4, 0.5) is 5.69 Å². The summed E-state index contributed by atoms with van der Waals surface area (Å²) in [6.07, 6.45) is 9.67. The van der Waals surface area contributed by atoms with Crippen LogP contribution in [0.25, 0.3) is 27.6 Å². The van der Waals surface area contributed by atoms with E-state index in [4.69, 9.17) is 4.42 Å². The third-order valence-electron chi connectivity index (χ3n) is 6.84. The normalized spacial score (nSPS) is 19.8. The zero-order valence-electron chi connectivity index (χ0n) is 17.8. The van der Waals surface area contributed by atoms with Gasteiger partial charge in [0.25, 0.3) is 0 Å². The fourth-order valence-corrected chi connectivity index (χ4v) is 5.15. The Hall–Kier alpha value is -3.12. The van der Waals surface area contributed by atoms with Crippen molar-refractivity contribution in [3.63, 3.8) is 0 Å². The van der Waals surface area contributed by atoms with Gasteiger partial charge in [0, 0.05) is 60.8 Å². The van der Waals surface area contributed by atoms with Gasteiger partial charge in [-0.1, -0.05) is 6.42 Å². The molecule has 0 saturated carbocycles. The summed E-state index contributed by atoms with van der Waals surface area (Å²) in [6, 6.07) is 10.8. The number of hydrogen-bond acceptors (Lipinski definition) is 5. The van der Waals surface area contributed by atoms with E-state index in [1.54, 1.807) is 0 Å². The van der Waals surface area contributed by atoms with Gasteiger partial charge in [-0.25, -0.2) is 4.79 Å². The molecule has 31 heavy (non-hydrogen) atoms. The first-order valence-corrected chi connectivity index (χ1v) is 11.2. The molecular weight excluding hydrogens is 388 g/mol. The van der Waals surface area contributed by atoms with Crippen LogP contribution in [-0.4, -0.2) is 46.5 Å². The molecule has 3 aromatic heterocycles. The van der Waals surface area contributed by atoms with Crippen molar-refractivity contribution in [3.05, 3.63) is 65.0 Å². The van der Waals surface area contributed by atoms with Crippen molar-refractivity contribution in [1.82, 2.24) is 14.3 Å². The van der Waals surface area contributed by atoms with E-state index in [1.807, 2.05) is 48.1 Å². The molecule has 2 aliphatic rings. The fourth-order valence-electron chi connectivity index (χ4n) is 5.15. The number of aromatic nitrogens is 2. The van der Waals surface area contributed by atoms with Gasteiger partial charge in [0.05, 0.1) is 23.0 Å². The van der Waals surface area contributed by atoms with E-state index < -0.39 is 0 Å². The van der Waals surface area contributed by atoms with Crippen LogP contribution in [0.15, 0.2) is 58.1 Å². The highest BCUT2D eigenvalue weighted by atomic mass is 16.4. The van der Waals surface area contributed by atoms with Gasteiger partial charge in [-0.3, -0.25) is 9.88 Å². The zero-order valence-corrected chi connectivity index (χ0v) is 17.8. The van der Waals surface area contributed by atoms with E-state index in [9.17, 15) is 4.79 Å². The Morgan fingerprint density at radius 2 is 2.00 bits per heavy atom. The molecule has 158 valence electrons. The molecule has 4 aromatic rings. The van der Waals surface area contributed by atoms with Crippen molar-refractivity contribution in [2.45, 2.75) is 32.2 Å². The number of rotatable bonds is 2. The average molecular weight is 415 g/mol. The Bertz CT molecular complexity index is 1340. The molecule has 1 unspecified atom stereocenters. The summed E-state index contributed by atoms with van der Waals surface area (Å²) in [5.41, 5.74) is 4.81. The van der Waals surface area contributed by atoms with Crippen LogP contribution < -0.4 is 10.5 Å². The summed E-state index contributed by atoms with van der Waals surface area (Å²) in [4.78, 5) is 22.2. The highest BCUT2D eigenvalue weighted by Gasteiger charge is 2.29. The summed E-state index contributed by atoms with van der Waals surface area (Å²) in [6.45, 7) is 6.38. The first-order valence-electron chi connectivity index (χ1n) is 11.2. The molecule has 6 heteroatoms. The molecule has 0 amide bonds. The fraction of sp³-hybridized carbons (Fsp3) is 0.360. The van der Waals surface area contributed by atoms with Crippen molar-refractivity contribution >= 4 is 22.2 Å². The van der Waals surface area contributed by atoms with Crippen LogP contribution in [0.5, 0.6) is 0 Å². The lowest BCUT2D eigenvalue weighted by Crippen LogP contribution is -2.54. The smallest absolute Gasteiger partial charge is 0.344 e. The second-order valence-electron chi connectivity index (χ2n) is 8.89. The predicted molar refractivity (Wildman–Crippen MR) is 123 cm³/mol. The molecule has 1 atom stereocenters. The largest absolute Gasteiger partial charge is 0.422 e. The van der Waals surface area contributed by atoms with Crippen LogP contribution in [0.2, 0.25) is 0 Å². The quantitative estimate of drug-likeness (QED) is 0.463. The number of fused-ring (bicyclic) bond motifs is 3. The maximum atomic E-state index is 12.8. The molecule has 0 bridgehead atoms. The molecule has 6 nitrogen and oxygen atoms in total. The summed E-state index contributed by atoms with van der Waals surface area (Å²) < 4.78 is 7.78. The van der Waals surface area contributed by atoms with Crippen molar-refractivity contribution in [1.29, 1.82) is 0 Å². The van der Waals surface area contributed by atoms with E-state index in [0.717, 1.165) is 47.5 Å². The molecule has 0 spiro atoms. The molecule has 2 fully saturated rings. The summed E-state index contributed by atoms with van der Waals surface area (Å²) >= 11 is 0. The molecular formula is C25H26N4O2. The highest BCUT2D eigenvalue weighted by Crippen LogP contribution is 2.29. The number of hydrogen-bond donors (Lipinski definition) is 0. The van der Waals surface area contributed by atoms with E-state index in [-0.39, 0.29) is 5.63 Å². The Morgan fingerprint density at radius 1 is 1.06 bits per heavy atom. The number of piperidine rings is 1. The minimum atomic E-state index is -0.303. The summed E-state index contributed by atoms with van der Waals surface area (Å²) in [5.74, 6) is 0. The zero-order chi connectivity index (χ0) is 20.9. The minimum Gasteiger partial charge on any atom is -0.422 e. The van der Waals surface area contributed by atoms with Gasteiger partial charge in [-0.05, 0) is 50.6 Å². The third-order valence-corrected chi connectivity index (χ3v) is 6.84. The molecule has 6 rings (SSSR count). The lowest BCUT2D eigenvalue weighted by molar-refractivity contribution is 0.133. The number of nitrogens with zero attached hydrogens (tertiary/aromatic N) is 4. The lowest BCUT2D eigenvalue weighted by atomic mass is 9.99. The van der Waals surface area contributed by atoms with E-state index >= 15 is 0 Å². The predicted octanol–water partition coefficient (Wildman–Crippen LogP) is 4.09. The van der Waals surface area contributed by atoms with Crippen molar-refractivity contribution in [2.24, 2.45) is 0 Å². The van der Waals surface area contributed by atoms with Gasteiger partial charge in [0.15, 0.2) is 0 Å². The van der Waals surface area contributed by atoms with Gasteiger partial charge in [0.1, 0.15) is 5.58 Å². The second-order valence-corrected chi connectivity index (χ2v) is 8.89. The van der Waals surface area contributed by atoms with Crippen LogP contribution in [0.1, 0.15) is 25.0 Å². The number of benzene rings is 1. The van der Waals surface area contributed by atoms with Crippen molar-refractivity contribution < 1.29 is 4.42 Å².